The molecule has 1 atom stereocenters. The van der Waals surface area contributed by atoms with Gasteiger partial charge in [-0.2, -0.15) is 0 Å². The van der Waals surface area contributed by atoms with Gasteiger partial charge in [0.05, 0.1) is 6.04 Å². The quantitative estimate of drug-likeness (QED) is 0.648. The third kappa shape index (κ3) is 6.56. The molecule has 3 N–H and O–H groups in total. The van der Waals surface area contributed by atoms with Crippen LogP contribution in [0.2, 0.25) is 0 Å². The topological polar surface area (TPSA) is 105 Å². The molecule has 0 heterocycles. The average Bonchev–Trinajstić information content (AvgIpc) is 2.55. The maximum absolute atomic E-state index is 12.8. The minimum Gasteiger partial charge on any atom is -0.444 e. The third-order valence-corrected chi connectivity index (χ3v) is 5.00. The molecule has 0 spiro atoms. The van der Waals surface area contributed by atoms with Crippen LogP contribution in [0.5, 0.6) is 0 Å². The van der Waals surface area contributed by atoms with E-state index in [9.17, 15) is 14.4 Å². The number of carbonyl (C=O) groups is 3. The molecule has 0 bridgehead atoms. The summed E-state index contributed by atoms with van der Waals surface area (Å²) in [5.41, 5.74) is 1.27. The lowest BCUT2D eigenvalue weighted by atomic mass is 9.80. The highest BCUT2D eigenvalue weighted by Crippen LogP contribution is 2.27. The lowest BCUT2D eigenvalue weighted by Gasteiger charge is -2.34. The molecule has 1 aromatic rings. The Kier molecular flexibility index (Phi) is 7.41. The van der Waals surface area contributed by atoms with Crippen molar-refractivity contribution in [2.24, 2.45) is 5.92 Å². The molecule has 1 aliphatic carbocycles. The van der Waals surface area contributed by atoms with Crippen molar-refractivity contribution in [3.63, 3.8) is 0 Å². The molecule has 0 radical (unpaired) electrons. The minimum atomic E-state index is -0.738. The monoisotopic (exact) mass is 404 g/mol. The van der Waals surface area contributed by atoms with E-state index in [2.05, 4.69) is 10.6 Å². The minimum absolute atomic E-state index is 0.0331. The first-order chi connectivity index (χ1) is 13.5. The number of ether oxygens (including phenoxy) is 1. The predicted molar refractivity (Wildman–Crippen MR) is 110 cm³/mol. The van der Waals surface area contributed by atoms with Gasteiger partial charge in [0.1, 0.15) is 5.60 Å². The second-order valence-electron chi connectivity index (χ2n) is 8.81. The Morgan fingerprint density at radius 3 is 2.48 bits per heavy atom. The van der Waals surface area contributed by atoms with Crippen molar-refractivity contribution in [2.75, 3.05) is 6.61 Å². The summed E-state index contributed by atoms with van der Waals surface area (Å²) in [5, 5.41) is 14.7. The maximum atomic E-state index is 12.8. The molecule has 7 heteroatoms. The zero-order valence-electron chi connectivity index (χ0n) is 17.9. The van der Waals surface area contributed by atoms with Crippen molar-refractivity contribution in [1.29, 1.82) is 0 Å². The number of aliphatic hydroxyl groups is 1. The van der Waals surface area contributed by atoms with E-state index < -0.39 is 17.7 Å². The number of carbonyl (C=O) groups excluding carboxylic acids is 3. The second kappa shape index (κ2) is 9.39. The van der Waals surface area contributed by atoms with Crippen LogP contribution >= 0.6 is 0 Å². The van der Waals surface area contributed by atoms with E-state index in [1.54, 1.807) is 33.8 Å². The lowest BCUT2D eigenvalue weighted by molar-refractivity contribution is -0.120. The molecule has 1 fully saturated rings. The van der Waals surface area contributed by atoms with Crippen molar-refractivity contribution >= 4 is 17.8 Å². The largest absolute Gasteiger partial charge is 0.444 e. The summed E-state index contributed by atoms with van der Waals surface area (Å²) in [6, 6.07) is 4.72. The normalized spacial score (nSPS) is 19.7. The Bertz CT molecular complexity index is 763. The Morgan fingerprint density at radius 1 is 1.24 bits per heavy atom. The van der Waals surface area contributed by atoms with Gasteiger partial charge in [0.25, 0.3) is 5.91 Å². The van der Waals surface area contributed by atoms with E-state index in [0.29, 0.717) is 11.1 Å². The van der Waals surface area contributed by atoms with E-state index in [-0.39, 0.29) is 36.7 Å². The summed E-state index contributed by atoms with van der Waals surface area (Å²) in [7, 11) is 0. The van der Waals surface area contributed by atoms with Crippen LogP contribution in [0.15, 0.2) is 18.2 Å². The van der Waals surface area contributed by atoms with Crippen LogP contribution in [0.4, 0.5) is 4.79 Å². The van der Waals surface area contributed by atoms with Crippen LogP contribution in [-0.2, 0) is 16.0 Å². The number of nitrogens with one attached hydrogen (secondary N) is 2. The third-order valence-electron chi connectivity index (χ3n) is 5.00. The molecular formula is C22H32N2O5. The Balaban J connectivity index is 2.03. The molecular weight excluding hydrogens is 372 g/mol. The number of ketones is 1. The van der Waals surface area contributed by atoms with Crippen molar-refractivity contribution in [3.05, 3.63) is 34.9 Å². The van der Waals surface area contributed by atoms with Crippen molar-refractivity contribution in [3.8, 4) is 0 Å². The SMILES string of the molecule is Cc1cccc(CC(=O)[C@H](C)NC(=O)OC(C)(C)C)c1C(=O)NC1CC(CO)C1. The van der Waals surface area contributed by atoms with E-state index in [1.165, 1.54) is 0 Å². The Morgan fingerprint density at radius 2 is 1.90 bits per heavy atom. The molecule has 29 heavy (non-hydrogen) atoms. The van der Waals surface area contributed by atoms with E-state index in [4.69, 9.17) is 9.84 Å². The molecule has 0 aromatic heterocycles. The van der Waals surface area contributed by atoms with Crippen LogP contribution in [0.25, 0.3) is 0 Å². The summed E-state index contributed by atoms with van der Waals surface area (Å²) in [4.78, 5) is 37.3. The van der Waals surface area contributed by atoms with Gasteiger partial charge in [-0.15, -0.1) is 0 Å². The summed E-state index contributed by atoms with van der Waals surface area (Å²) >= 11 is 0. The van der Waals surface area contributed by atoms with Crippen LogP contribution in [-0.4, -0.2) is 47.2 Å². The highest BCUT2D eigenvalue weighted by molar-refractivity contribution is 5.99. The predicted octanol–water partition coefficient (Wildman–Crippen LogP) is 2.52. The molecule has 0 unspecified atom stereocenters. The van der Waals surface area contributed by atoms with Gasteiger partial charge in [0.15, 0.2) is 5.78 Å². The fraction of sp³-hybridized carbons (Fsp3) is 0.591. The zero-order valence-corrected chi connectivity index (χ0v) is 17.9. The number of hydrogen-bond donors (Lipinski definition) is 3. The van der Waals surface area contributed by atoms with Gasteiger partial charge < -0.3 is 20.5 Å². The highest BCUT2D eigenvalue weighted by atomic mass is 16.6. The molecule has 1 aromatic carbocycles. The average molecular weight is 405 g/mol. The zero-order chi connectivity index (χ0) is 21.8. The van der Waals surface area contributed by atoms with Crippen molar-refractivity contribution in [2.45, 2.75) is 71.6 Å². The first kappa shape index (κ1) is 22.9. The number of rotatable bonds is 7. The maximum Gasteiger partial charge on any atom is 0.408 e. The number of amides is 2. The van der Waals surface area contributed by atoms with Gasteiger partial charge in [-0.3, -0.25) is 9.59 Å². The molecule has 2 rings (SSSR count). The summed E-state index contributed by atoms with van der Waals surface area (Å²) in [6.07, 6.45) is 0.910. The van der Waals surface area contributed by atoms with Gasteiger partial charge in [0.2, 0.25) is 0 Å². The van der Waals surface area contributed by atoms with Gasteiger partial charge in [-0.1, -0.05) is 18.2 Å². The standard InChI is InChI=1S/C22H32N2O5/c1-13-7-6-8-16(19(13)20(27)24-17-9-15(10-17)12-25)11-18(26)14(2)23-21(28)29-22(3,4)5/h6-8,14-15,17,25H,9-12H2,1-5H3,(H,23,28)(H,24,27)/t14-,15?,17?/m0/s1. The Labute approximate surface area is 172 Å². The number of alkyl carbamates (subject to hydrolysis) is 1. The van der Waals surface area contributed by atoms with Gasteiger partial charge >= 0.3 is 6.09 Å². The van der Waals surface area contributed by atoms with Crippen molar-refractivity contribution in [1.82, 2.24) is 10.6 Å². The molecule has 7 nitrogen and oxygen atoms in total. The number of aliphatic hydroxyl groups excluding tert-OH is 1. The molecule has 0 aliphatic heterocycles. The van der Waals surface area contributed by atoms with Gasteiger partial charge in [-0.05, 0) is 64.5 Å². The van der Waals surface area contributed by atoms with Crippen molar-refractivity contribution < 1.29 is 24.2 Å². The summed E-state index contributed by atoms with van der Waals surface area (Å²) < 4.78 is 5.19. The molecule has 160 valence electrons. The van der Waals surface area contributed by atoms with E-state index in [0.717, 1.165) is 18.4 Å². The first-order valence-electron chi connectivity index (χ1n) is 10.0. The van der Waals surface area contributed by atoms with Crippen LogP contribution in [0.1, 0.15) is 62.0 Å². The van der Waals surface area contributed by atoms with E-state index in [1.807, 2.05) is 19.1 Å². The summed E-state index contributed by atoms with van der Waals surface area (Å²) in [5.74, 6) is -0.169. The number of Topliss-reactive ketones (excluding diaryl/α,β-unsaturated/α-hetero) is 1. The molecule has 0 saturated heterocycles. The molecule has 1 saturated carbocycles. The van der Waals surface area contributed by atoms with Crippen LogP contribution < -0.4 is 10.6 Å². The van der Waals surface area contributed by atoms with Gasteiger partial charge in [-0.25, -0.2) is 4.79 Å². The lowest BCUT2D eigenvalue weighted by Crippen LogP contribution is -2.46. The van der Waals surface area contributed by atoms with E-state index >= 15 is 0 Å². The van der Waals surface area contributed by atoms with Crippen LogP contribution in [0.3, 0.4) is 0 Å². The highest BCUT2D eigenvalue weighted by Gasteiger charge is 2.31. The second-order valence-corrected chi connectivity index (χ2v) is 8.81. The van der Waals surface area contributed by atoms with Crippen LogP contribution in [0, 0.1) is 12.8 Å². The first-order valence-corrected chi connectivity index (χ1v) is 10.0. The fourth-order valence-corrected chi connectivity index (χ4v) is 3.37. The fourth-order valence-electron chi connectivity index (χ4n) is 3.37. The smallest absolute Gasteiger partial charge is 0.408 e. The number of aryl methyl sites for hydroxylation is 1. The number of benzene rings is 1. The molecule has 1 aliphatic rings. The number of hydrogen-bond acceptors (Lipinski definition) is 5. The Hall–Kier alpha value is -2.41. The molecule has 2 amide bonds. The van der Waals surface area contributed by atoms with Gasteiger partial charge in [0, 0.05) is 24.6 Å². The summed E-state index contributed by atoms with van der Waals surface area (Å²) in [6.45, 7) is 8.83.